The Morgan fingerprint density at radius 3 is 2.75 bits per heavy atom. The molecule has 1 aliphatic heterocycles. The molecule has 2 rings (SSSR count). The number of carboxylic acids is 1. The standard InChI is InChI=1S/C12H10F3NO4/c13-12(14,15)8-3-1-2-7(4-8)5-16-9(10(17)18)6-20-11(16)19/h1-4,9H,5-6H2,(H,17,18). The van der Waals surface area contributed by atoms with Crippen LogP contribution in [0.5, 0.6) is 0 Å². The molecule has 0 saturated carbocycles. The van der Waals surface area contributed by atoms with Gasteiger partial charge in [-0.25, -0.2) is 9.59 Å². The molecule has 1 aromatic carbocycles. The second kappa shape index (κ2) is 5.03. The maximum Gasteiger partial charge on any atom is 0.416 e. The van der Waals surface area contributed by atoms with Crippen molar-refractivity contribution in [1.82, 2.24) is 4.90 Å². The number of alkyl halides is 3. The van der Waals surface area contributed by atoms with Crippen LogP contribution in [0.1, 0.15) is 11.1 Å². The highest BCUT2D eigenvalue weighted by Crippen LogP contribution is 2.30. The molecule has 1 aliphatic rings. The molecule has 0 spiro atoms. The van der Waals surface area contributed by atoms with Crippen molar-refractivity contribution < 1.29 is 32.6 Å². The van der Waals surface area contributed by atoms with E-state index in [1.54, 1.807) is 0 Å². The number of carbonyl (C=O) groups is 2. The quantitative estimate of drug-likeness (QED) is 0.925. The summed E-state index contributed by atoms with van der Waals surface area (Å²) in [7, 11) is 0. The van der Waals surface area contributed by atoms with Gasteiger partial charge in [0.05, 0.1) is 12.1 Å². The number of aliphatic carboxylic acids is 1. The molecule has 1 N–H and O–H groups in total. The minimum atomic E-state index is -4.49. The average molecular weight is 289 g/mol. The zero-order valence-corrected chi connectivity index (χ0v) is 10.1. The lowest BCUT2D eigenvalue weighted by molar-refractivity contribution is -0.141. The number of amides is 1. The van der Waals surface area contributed by atoms with E-state index in [4.69, 9.17) is 5.11 Å². The Hall–Kier alpha value is -2.25. The first-order valence-corrected chi connectivity index (χ1v) is 5.61. The van der Waals surface area contributed by atoms with Gasteiger partial charge in [-0.05, 0) is 17.7 Å². The molecule has 0 aromatic heterocycles. The molecular formula is C12H10F3NO4. The highest BCUT2D eigenvalue weighted by Gasteiger charge is 2.38. The number of cyclic esters (lactones) is 1. The zero-order chi connectivity index (χ0) is 14.9. The molecular weight excluding hydrogens is 279 g/mol. The summed E-state index contributed by atoms with van der Waals surface area (Å²) in [6, 6.07) is 3.19. The lowest BCUT2D eigenvalue weighted by Gasteiger charge is -2.18. The molecule has 1 aromatic rings. The highest BCUT2D eigenvalue weighted by molar-refractivity contribution is 5.82. The molecule has 0 radical (unpaired) electrons. The van der Waals surface area contributed by atoms with E-state index < -0.39 is 29.8 Å². The Bertz CT molecular complexity index is 544. The second-order valence-corrected chi connectivity index (χ2v) is 4.26. The van der Waals surface area contributed by atoms with E-state index in [1.807, 2.05) is 0 Å². The topological polar surface area (TPSA) is 66.8 Å². The predicted octanol–water partition coefficient (Wildman–Crippen LogP) is 2.11. The van der Waals surface area contributed by atoms with E-state index in [0.717, 1.165) is 17.0 Å². The van der Waals surface area contributed by atoms with E-state index >= 15 is 0 Å². The van der Waals surface area contributed by atoms with Gasteiger partial charge in [-0.2, -0.15) is 13.2 Å². The van der Waals surface area contributed by atoms with Gasteiger partial charge in [-0.1, -0.05) is 12.1 Å². The van der Waals surface area contributed by atoms with Crippen LogP contribution in [0.3, 0.4) is 0 Å². The Balaban J connectivity index is 2.21. The Morgan fingerprint density at radius 1 is 1.45 bits per heavy atom. The van der Waals surface area contributed by atoms with Crippen LogP contribution >= 0.6 is 0 Å². The van der Waals surface area contributed by atoms with Crippen LogP contribution in [0.25, 0.3) is 0 Å². The van der Waals surface area contributed by atoms with Gasteiger partial charge >= 0.3 is 18.2 Å². The molecule has 1 saturated heterocycles. The van der Waals surface area contributed by atoms with Gasteiger partial charge in [-0.15, -0.1) is 0 Å². The highest BCUT2D eigenvalue weighted by atomic mass is 19.4. The summed E-state index contributed by atoms with van der Waals surface area (Å²) >= 11 is 0. The molecule has 108 valence electrons. The third-order valence-corrected chi connectivity index (χ3v) is 2.87. The van der Waals surface area contributed by atoms with Crippen LogP contribution in [0, 0.1) is 0 Å². The summed E-state index contributed by atoms with van der Waals surface area (Å²) in [4.78, 5) is 23.2. The van der Waals surface area contributed by atoms with Crippen molar-refractivity contribution in [1.29, 1.82) is 0 Å². The normalized spacial score (nSPS) is 19.1. The lowest BCUT2D eigenvalue weighted by atomic mass is 10.1. The first-order valence-electron chi connectivity index (χ1n) is 5.61. The van der Waals surface area contributed by atoms with Crippen molar-refractivity contribution in [2.75, 3.05) is 6.61 Å². The van der Waals surface area contributed by atoms with Crippen LogP contribution in [0.15, 0.2) is 24.3 Å². The number of hydrogen-bond donors (Lipinski definition) is 1. The fraction of sp³-hybridized carbons (Fsp3) is 0.333. The summed E-state index contributed by atoms with van der Waals surface area (Å²) in [5.41, 5.74) is -0.667. The first-order chi connectivity index (χ1) is 9.29. The average Bonchev–Trinajstić information content (AvgIpc) is 2.70. The molecule has 1 amide bonds. The van der Waals surface area contributed by atoms with Gasteiger partial charge in [0.1, 0.15) is 6.61 Å². The molecule has 1 atom stereocenters. The van der Waals surface area contributed by atoms with Crippen LogP contribution in [-0.4, -0.2) is 34.7 Å². The number of halogens is 3. The maximum atomic E-state index is 12.6. The molecule has 8 heteroatoms. The minimum absolute atomic E-state index is 0.185. The van der Waals surface area contributed by atoms with E-state index in [-0.39, 0.29) is 18.7 Å². The molecule has 5 nitrogen and oxygen atoms in total. The van der Waals surface area contributed by atoms with Crippen molar-refractivity contribution >= 4 is 12.1 Å². The van der Waals surface area contributed by atoms with Gasteiger partial charge in [0.15, 0.2) is 6.04 Å². The van der Waals surface area contributed by atoms with Crippen molar-refractivity contribution in [3.8, 4) is 0 Å². The molecule has 0 aliphatic carbocycles. The Kier molecular flexibility index (Phi) is 3.56. The van der Waals surface area contributed by atoms with Gasteiger partial charge in [-0.3, -0.25) is 4.90 Å². The third kappa shape index (κ3) is 2.84. The number of nitrogens with zero attached hydrogens (tertiary/aromatic N) is 1. The predicted molar refractivity (Wildman–Crippen MR) is 59.8 cm³/mol. The third-order valence-electron chi connectivity index (χ3n) is 2.87. The van der Waals surface area contributed by atoms with Crippen LogP contribution in [0.4, 0.5) is 18.0 Å². The second-order valence-electron chi connectivity index (χ2n) is 4.26. The van der Waals surface area contributed by atoms with Gasteiger partial charge in [0.2, 0.25) is 0 Å². The number of benzene rings is 1. The molecule has 1 heterocycles. The van der Waals surface area contributed by atoms with E-state index in [2.05, 4.69) is 4.74 Å². The monoisotopic (exact) mass is 289 g/mol. The number of carbonyl (C=O) groups excluding carboxylic acids is 1. The fourth-order valence-corrected chi connectivity index (χ4v) is 1.87. The van der Waals surface area contributed by atoms with Gasteiger partial charge in [0.25, 0.3) is 0 Å². The Labute approximate surface area is 111 Å². The summed E-state index contributed by atoms with van der Waals surface area (Å²) < 4.78 is 42.3. The fourth-order valence-electron chi connectivity index (χ4n) is 1.87. The summed E-state index contributed by atoms with van der Waals surface area (Å²) in [6.45, 7) is -0.563. The number of ether oxygens (including phenoxy) is 1. The van der Waals surface area contributed by atoms with E-state index in [9.17, 15) is 22.8 Å². The minimum Gasteiger partial charge on any atom is -0.480 e. The number of carboxylic acid groups (broad SMARTS) is 1. The summed E-state index contributed by atoms with van der Waals surface area (Å²) in [5.74, 6) is -1.26. The van der Waals surface area contributed by atoms with Crippen LogP contribution in [-0.2, 0) is 22.3 Å². The largest absolute Gasteiger partial charge is 0.480 e. The lowest BCUT2D eigenvalue weighted by Crippen LogP contribution is -2.38. The van der Waals surface area contributed by atoms with Crippen molar-refractivity contribution in [2.24, 2.45) is 0 Å². The summed E-state index contributed by atoms with van der Waals surface area (Å²) in [5, 5.41) is 8.91. The van der Waals surface area contributed by atoms with E-state index in [1.165, 1.54) is 12.1 Å². The van der Waals surface area contributed by atoms with Crippen molar-refractivity contribution in [3.05, 3.63) is 35.4 Å². The van der Waals surface area contributed by atoms with Crippen molar-refractivity contribution in [3.63, 3.8) is 0 Å². The van der Waals surface area contributed by atoms with Crippen LogP contribution in [0.2, 0.25) is 0 Å². The van der Waals surface area contributed by atoms with Gasteiger partial charge in [0, 0.05) is 0 Å². The smallest absolute Gasteiger partial charge is 0.416 e. The molecule has 0 bridgehead atoms. The van der Waals surface area contributed by atoms with Crippen molar-refractivity contribution in [2.45, 2.75) is 18.8 Å². The van der Waals surface area contributed by atoms with Gasteiger partial charge < -0.3 is 9.84 Å². The Morgan fingerprint density at radius 2 is 2.15 bits per heavy atom. The molecule has 1 unspecified atom stereocenters. The maximum absolute atomic E-state index is 12.6. The SMILES string of the molecule is O=C(O)C1COC(=O)N1Cc1cccc(C(F)(F)F)c1. The first kappa shape index (κ1) is 14.2. The number of rotatable bonds is 3. The van der Waals surface area contributed by atoms with Crippen LogP contribution < -0.4 is 0 Å². The molecule has 1 fully saturated rings. The van der Waals surface area contributed by atoms with E-state index in [0.29, 0.717) is 0 Å². The number of hydrogen-bond acceptors (Lipinski definition) is 3. The summed E-state index contributed by atoms with van der Waals surface area (Å²) in [6.07, 6.45) is -5.34. The molecule has 20 heavy (non-hydrogen) atoms. The zero-order valence-electron chi connectivity index (χ0n) is 10.1.